The molecule has 3 rings (SSSR count). The number of urea groups is 2. The van der Waals surface area contributed by atoms with Gasteiger partial charge in [0.05, 0.1) is 18.2 Å². The van der Waals surface area contributed by atoms with Gasteiger partial charge in [-0.05, 0) is 63.4 Å². The molecule has 4 amide bonds. The van der Waals surface area contributed by atoms with Crippen LogP contribution in [-0.4, -0.2) is 36.1 Å². The Morgan fingerprint density at radius 3 is 2.35 bits per heavy atom. The number of nitrogens with zero attached hydrogens (tertiary/aromatic N) is 1. The molecule has 0 radical (unpaired) electrons. The molecule has 2 aromatic carbocycles. The third-order valence-electron chi connectivity index (χ3n) is 5.67. The number of nitrogens with one attached hydrogen (secondary N) is 3. The van der Waals surface area contributed by atoms with Gasteiger partial charge < -0.3 is 20.7 Å². The Bertz CT molecular complexity index is 1110. The van der Waals surface area contributed by atoms with Gasteiger partial charge in [0.1, 0.15) is 0 Å². The number of anilines is 2. The molecule has 1 aliphatic rings. The van der Waals surface area contributed by atoms with Gasteiger partial charge >= 0.3 is 18.0 Å². The SMILES string of the molecule is CCCN1C(=O)NC(c2ccc(NC(=O)Nc3ccc(C)cc3C)cc2)C(C(=O)OCC)=C1C. The normalized spacial score (nSPS) is 15.6. The van der Waals surface area contributed by atoms with Crippen LogP contribution in [0.3, 0.4) is 0 Å². The summed E-state index contributed by atoms with van der Waals surface area (Å²) in [5, 5.41) is 8.58. The van der Waals surface area contributed by atoms with E-state index < -0.39 is 12.0 Å². The topological polar surface area (TPSA) is 99.8 Å². The molecule has 1 aliphatic heterocycles. The summed E-state index contributed by atoms with van der Waals surface area (Å²) in [7, 11) is 0. The summed E-state index contributed by atoms with van der Waals surface area (Å²) in [6, 6.07) is 11.6. The van der Waals surface area contributed by atoms with Gasteiger partial charge in [0.15, 0.2) is 0 Å². The van der Waals surface area contributed by atoms with Crippen LogP contribution in [0.2, 0.25) is 0 Å². The quantitative estimate of drug-likeness (QED) is 0.487. The van der Waals surface area contributed by atoms with Crippen molar-refractivity contribution < 1.29 is 19.1 Å². The fourth-order valence-corrected chi connectivity index (χ4v) is 3.99. The fourth-order valence-electron chi connectivity index (χ4n) is 3.99. The second-order valence-corrected chi connectivity index (χ2v) is 8.27. The average molecular weight is 465 g/mol. The van der Waals surface area contributed by atoms with Crippen molar-refractivity contribution in [2.75, 3.05) is 23.8 Å². The number of esters is 1. The van der Waals surface area contributed by atoms with E-state index in [1.54, 1.807) is 43.0 Å². The molecule has 2 aromatic rings. The largest absolute Gasteiger partial charge is 0.463 e. The lowest BCUT2D eigenvalue weighted by atomic mass is 9.94. The Morgan fingerprint density at radius 2 is 1.74 bits per heavy atom. The van der Waals surface area contributed by atoms with E-state index in [1.165, 1.54) is 0 Å². The van der Waals surface area contributed by atoms with Crippen LogP contribution in [0.4, 0.5) is 21.0 Å². The molecule has 0 bridgehead atoms. The zero-order chi connectivity index (χ0) is 24.8. The number of carbonyl (C=O) groups is 3. The molecule has 0 aliphatic carbocycles. The first-order valence-electron chi connectivity index (χ1n) is 11.5. The summed E-state index contributed by atoms with van der Waals surface area (Å²) in [5.41, 5.74) is 5.13. The van der Waals surface area contributed by atoms with Crippen molar-refractivity contribution in [1.29, 1.82) is 0 Å². The average Bonchev–Trinajstić information content (AvgIpc) is 2.79. The lowest BCUT2D eigenvalue weighted by Gasteiger charge is -2.35. The highest BCUT2D eigenvalue weighted by atomic mass is 16.5. The molecule has 0 saturated carbocycles. The number of amides is 4. The second-order valence-electron chi connectivity index (χ2n) is 8.27. The number of allylic oxidation sites excluding steroid dienone is 1. The molecule has 0 saturated heterocycles. The van der Waals surface area contributed by atoms with Crippen LogP contribution in [0.15, 0.2) is 53.7 Å². The van der Waals surface area contributed by atoms with Crippen LogP contribution in [0.5, 0.6) is 0 Å². The molecular formula is C26H32N4O4. The fraction of sp³-hybridized carbons (Fsp3) is 0.346. The maximum absolute atomic E-state index is 12.8. The molecule has 0 aromatic heterocycles. The zero-order valence-electron chi connectivity index (χ0n) is 20.3. The molecule has 3 N–H and O–H groups in total. The Kier molecular flexibility index (Phi) is 7.94. The minimum absolute atomic E-state index is 0.239. The molecule has 1 unspecified atom stereocenters. The maximum atomic E-state index is 12.8. The lowest BCUT2D eigenvalue weighted by Crippen LogP contribution is -2.48. The van der Waals surface area contributed by atoms with E-state index in [0.29, 0.717) is 29.1 Å². The number of aryl methyl sites for hydroxylation is 2. The number of rotatable bonds is 7. The number of hydrogen-bond acceptors (Lipinski definition) is 4. The third-order valence-corrected chi connectivity index (χ3v) is 5.67. The number of benzene rings is 2. The van der Waals surface area contributed by atoms with Gasteiger partial charge in [0.25, 0.3) is 0 Å². The van der Waals surface area contributed by atoms with Crippen LogP contribution in [0, 0.1) is 13.8 Å². The molecule has 1 heterocycles. The monoisotopic (exact) mass is 464 g/mol. The first-order valence-corrected chi connectivity index (χ1v) is 11.5. The summed E-state index contributed by atoms with van der Waals surface area (Å²) in [6.45, 7) is 10.2. The van der Waals surface area contributed by atoms with Crippen molar-refractivity contribution in [3.63, 3.8) is 0 Å². The van der Waals surface area contributed by atoms with E-state index in [4.69, 9.17) is 4.74 Å². The number of hydrogen-bond donors (Lipinski definition) is 3. The van der Waals surface area contributed by atoms with Crippen molar-refractivity contribution in [3.05, 3.63) is 70.4 Å². The standard InChI is InChI=1S/C26H32N4O4/c1-6-14-30-18(5)22(24(31)34-7-2)23(29-26(30)33)19-9-11-20(12-10-19)27-25(32)28-21-13-8-16(3)15-17(21)4/h8-13,15,23H,6-7,14H2,1-5H3,(H,29,33)(H2,27,28,32). The van der Waals surface area contributed by atoms with Gasteiger partial charge in [-0.25, -0.2) is 14.4 Å². The molecular weight excluding hydrogens is 432 g/mol. The van der Waals surface area contributed by atoms with E-state index in [0.717, 1.165) is 23.2 Å². The summed E-state index contributed by atoms with van der Waals surface area (Å²) < 4.78 is 5.28. The summed E-state index contributed by atoms with van der Waals surface area (Å²) >= 11 is 0. The molecule has 0 fully saturated rings. The van der Waals surface area contributed by atoms with E-state index in [2.05, 4.69) is 16.0 Å². The van der Waals surface area contributed by atoms with Crippen LogP contribution in [0.25, 0.3) is 0 Å². The number of carbonyl (C=O) groups excluding carboxylic acids is 3. The van der Waals surface area contributed by atoms with Gasteiger partial charge in [-0.15, -0.1) is 0 Å². The highest BCUT2D eigenvalue weighted by Gasteiger charge is 2.36. The van der Waals surface area contributed by atoms with Crippen LogP contribution in [-0.2, 0) is 9.53 Å². The number of ether oxygens (including phenoxy) is 1. The second kappa shape index (κ2) is 10.9. The smallest absolute Gasteiger partial charge is 0.338 e. The molecule has 1 atom stereocenters. The van der Waals surface area contributed by atoms with Crippen molar-refractivity contribution in [2.45, 2.75) is 47.1 Å². The summed E-state index contributed by atoms with van der Waals surface area (Å²) in [4.78, 5) is 39.5. The predicted molar refractivity (Wildman–Crippen MR) is 133 cm³/mol. The zero-order valence-corrected chi connectivity index (χ0v) is 20.3. The molecule has 34 heavy (non-hydrogen) atoms. The van der Waals surface area contributed by atoms with Crippen LogP contribution < -0.4 is 16.0 Å². The third kappa shape index (κ3) is 5.57. The van der Waals surface area contributed by atoms with Gasteiger partial charge in [-0.1, -0.05) is 36.8 Å². The Labute approximate surface area is 200 Å². The Balaban J connectivity index is 1.79. The van der Waals surface area contributed by atoms with Gasteiger partial charge in [-0.3, -0.25) is 4.90 Å². The molecule has 8 nitrogen and oxygen atoms in total. The van der Waals surface area contributed by atoms with E-state index in [9.17, 15) is 14.4 Å². The van der Waals surface area contributed by atoms with E-state index >= 15 is 0 Å². The van der Waals surface area contributed by atoms with Crippen LogP contribution >= 0.6 is 0 Å². The lowest BCUT2D eigenvalue weighted by molar-refractivity contribution is -0.139. The van der Waals surface area contributed by atoms with E-state index in [1.807, 2.05) is 39.0 Å². The maximum Gasteiger partial charge on any atom is 0.338 e. The van der Waals surface area contributed by atoms with Crippen molar-refractivity contribution in [2.24, 2.45) is 0 Å². The first kappa shape index (κ1) is 24.8. The van der Waals surface area contributed by atoms with Crippen molar-refractivity contribution in [1.82, 2.24) is 10.2 Å². The molecule has 0 spiro atoms. The van der Waals surface area contributed by atoms with E-state index in [-0.39, 0.29) is 18.7 Å². The molecule has 8 heteroatoms. The highest BCUT2D eigenvalue weighted by Crippen LogP contribution is 2.32. The minimum Gasteiger partial charge on any atom is -0.463 e. The Hall–Kier alpha value is -3.81. The summed E-state index contributed by atoms with van der Waals surface area (Å²) in [6.07, 6.45) is 0.760. The Morgan fingerprint density at radius 1 is 1.03 bits per heavy atom. The van der Waals surface area contributed by atoms with Gasteiger partial charge in [-0.2, -0.15) is 0 Å². The molecule has 180 valence electrons. The van der Waals surface area contributed by atoms with Gasteiger partial charge in [0.2, 0.25) is 0 Å². The highest BCUT2D eigenvalue weighted by molar-refractivity contribution is 6.00. The summed E-state index contributed by atoms with van der Waals surface area (Å²) in [5.74, 6) is -0.457. The van der Waals surface area contributed by atoms with Crippen LogP contribution in [0.1, 0.15) is 49.9 Å². The first-order chi connectivity index (χ1) is 16.2. The minimum atomic E-state index is -0.641. The van der Waals surface area contributed by atoms with Gasteiger partial charge in [0, 0.05) is 23.6 Å². The predicted octanol–water partition coefficient (Wildman–Crippen LogP) is 5.26. The van der Waals surface area contributed by atoms with Crippen molar-refractivity contribution >= 4 is 29.4 Å². The van der Waals surface area contributed by atoms with Crippen molar-refractivity contribution in [3.8, 4) is 0 Å².